The van der Waals surface area contributed by atoms with Gasteiger partial charge in [0, 0.05) is 18.2 Å². The number of benzene rings is 3. The number of nitro benzene ring substituents is 1. The lowest BCUT2D eigenvalue weighted by atomic mass is 10.1. The number of ether oxygens (including phenoxy) is 2. The van der Waals surface area contributed by atoms with Crippen LogP contribution in [0.15, 0.2) is 75.1 Å². The number of nitrogens with zero attached hydrogens (tertiary/aromatic N) is 5. The molecule has 3 aromatic rings. The number of hydrogen-bond acceptors (Lipinski definition) is 8. The molecule has 3 rings (SSSR count). The average Bonchev–Trinajstić information content (AvgIpc) is 2.81. The molecule has 32 heavy (non-hydrogen) atoms. The van der Waals surface area contributed by atoms with Gasteiger partial charge in [0.15, 0.2) is 0 Å². The van der Waals surface area contributed by atoms with Gasteiger partial charge in [-0.3, -0.25) is 10.1 Å². The van der Waals surface area contributed by atoms with Gasteiger partial charge >= 0.3 is 0 Å². The maximum atomic E-state index is 10.8. The first-order valence-corrected chi connectivity index (χ1v) is 9.95. The van der Waals surface area contributed by atoms with E-state index in [1.807, 2.05) is 13.0 Å². The number of halogens is 1. The van der Waals surface area contributed by atoms with Gasteiger partial charge in [-0.05, 0) is 48.4 Å². The molecule has 0 bridgehead atoms. The van der Waals surface area contributed by atoms with Crippen LogP contribution in [0.25, 0.3) is 0 Å². The molecule has 0 saturated carbocycles. The van der Waals surface area contributed by atoms with E-state index in [9.17, 15) is 10.1 Å². The topological polar surface area (TPSA) is 111 Å². The molecule has 0 saturated heterocycles. The van der Waals surface area contributed by atoms with E-state index in [4.69, 9.17) is 21.1 Å². The van der Waals surface area contributed by atoms with Gasteiger partial charge in [0.2, 0.25) is 0 Å². The zero-order chi connectivity index (χ0) is 23.1. The normalized spacial score (nSPS) is 11.2. The Morgan fingerprint density at radius 1 is 0.844 bits per heavy atom. The lowest BCUT2D eigenvalue weighted by molar-refractivity contribution is -0.384. The lowest BCUT2D eigenvalue weighted by Crippen LogP contribution is -1.92. The van der Waals surface area contributed by atoms with E-state index in [1.54, 1.807) is 44.6 Å². The molecule has 0 aliphatic heterocycles. The van der Waals surface area contributed by atoms with Crippen LogP contribution in [-0.4, -0.2) is 19.1 Å². The average molecular weight is 454 g/mol. The summed E-state index contributed by atoms with van der Waals surface area (Å²) < 4.78 is 10.8. The van der Waals surface area contributed by atoms with Gasteiger partial charge in [-0.25, -0.2) is 0 Å². The Morgan fingerprint density at radius 3 is 1.94 bits per heavy atom. The fourth-order valence-electron chi connectivity index (χ4n) is 2.80. The summed E-state index contributed by atoms with van der Waals surface area (Å²) >= 11 is 6.02. The van der Waals surface area contributed by atoms with E-state index in [2.05, 4.69) is 20.5 Å². The highest BCUT2D eigenvalue weighted by Gasteiger charge is 2.10. The summed E-state index contributed by atoms with van der Waals surface area (Å²) in [6, 6.07) is 14.6. The van der Waals surface area contributed by atoms with Crippen LogP contribution in [-0.2, 0) is 6.42 Å². The first-order chi connectivity index (χ1) is 15.4. The summed E-state index contributed by atoms with van der Waals surface area (Å²) in [6.07, 6.45) is 0.804. The molecule has 9 nitrogen and oxygen atoms in total. The largest absolute Gasteiger partial charge is 0.496 e. The van der Waals surface area contributed by atoms with Crippen molar-refractivity contribution >= 4 is 40.0 Å². The maximum Gasteiger partial charge on any atom is 0.271 e. The lowest BCUT2D eigenvalue weighted by Gasteiger charge is -2.11. The van der Waals surface area contributed by atoms with E-state index in [-0.39, 0.29) is 10.7 Å². The molecule has 0 aliphatic rings. The first-order valence-electron chi connectivity index (χ1n) is 9.57. The van der Waals surface area contributed by atoms with Gasteiger partial charge in [0.05, 0.1) is 35.5 Å². The number of non-ortho nitro benzene ring substituents is 1. The maximum absolute atomic E-state index is 10.8. The predicted octanol–water partition coefficient (Wildman–Crippen LogP) is 7.66. The van der Waals surface area contributed by atoms with Crippen LogP contribution in [0.5, 0.6) is 11.5 Å². The van der Waals surface area contributed by atoms with Crippen molar-refractivity contribution in [2.75, 3.05) is 14.2 Å². The van der Waals surface area contributed by atoms with Crippen LogP contribution in [0.3, 0.4) is 0 Å². The molecule has 0 spiro atoms. The third-order valence-corrected chi connectivity index (χ3v) is 4.80. The molecule has 0 radical (unpaired) electrons. The van der Waals surface area contributed by atoms with E-state index >= 15 is 0 Å². The summed E-state index contributed by atoms with van der Waals surface area (Å²) in [5.74, 6) is 1.33. The smallest absolute Gasteiger partial charge is 0.271 e. The van der Waals surface area contributed by atoms with E-state index in [0.29, 0.717) is 28.5 Å². The standard InChI is InChI=1S/C22H20ClN5O4/c1-4-14-11-22(32-3)20(13-21(14)31-2)27-25-16-7-5-15(6-8-16)24-26-19-10-9-17(28(29)30)12-18(19)23/h5-13H,4H2,1-3H3. The van der Waals surface area contributed by atoms with Gasteiger partial charge < -0.3 is 9.47 Å². The Hall–Kier alpha value is -3.85. The summed E-state index contributed by atoms with van der Waals surface area (Å²) in [5.41, 5.74) is 2.96. The van der Waals surface area contributed by atoms with Gasteiger partial charge in [0.25, 0.3) is 5.69 Å². The Balaban J connectivity index is 1.76. The van der Waals surface area contributed by atoms with E-state index < -0.39 is 4.92 Å². The fraction of sp³-hybridized carbons (Fsp3) is 0.182. The van der Waals surface area contributed by atoms with Crippen LogP contribution < -0.4 is 9.47 Å². The van der Waals surface area contributed by atoms with Crippen molar-refractivity contribution in [2.45, 2.75) is 13.3 Å². The van der Waals surface area contributed by atoms with Crippen molar-refractivity contribution < 1.29 is 14.4 Å². The number of aryl methyl sites for hydroxylation is 1. The predicted molar refractivity (Wildman–Crippen MR) is 122 cm³/mol. The minimum Gasteiger partial charge on any atom is -0.496 e. The van der Waals surface area contributed by atoms with Crippen molar-refractivity contribution in [3.63, 3.8) is 0 Å². The summed E-state index contributed by atoms with van der Waals surface area (Å²) in [5, 5.41) is 27.6. The molecule has 3 aromatic carbocycles. The van der Waals surface area contributed by atoms with Crippen LogP contribution in [0.2, 0.25) is 5.02 Å². The highest BCUT2D eigenvalue weighted by molar-refractivity contribution is 6.33. The third kappa shape index (κ3) is 5.44. The molecule has 0 aliphatic carbocycles. The second kappa shape index (κ2) is 10.5. The van der Waals surface area contributed by atoms with Gasteiger partial charge in [-0.2, -0.15) is 10.2 Å². The number of hydrogen-bond donors (Lipinski definition) is 0. The molecule has 0 amide bonds. The zero-order valence-electron chi connectivity index (χ0n) is 17.7. The van der Waals surface area contributed by atoms with Crippen LogP contribution in [0, 0.1) is 10.1 Å². The zero-order valence-corrected chi connectivity index (χ0v) is 18.4. The molecule has 0 atom stereocenters. The quantitative estimate of drug-likeness (QED) is 0.198. The minimum absolute atomic E-state index is 0.109. The summed E-state index contributed by atoms with van der Waals surface area (Å²) in [4.78, 5) is 10.3. The Kier molecular flexibility index (Phi) is 7.45. The Morgan fingerprint density at radius 2 is 1.44 bits per heavy atom. The van der Waals surface area contributed by atoms with Gasteiger partial charge in [-0.15, -0.1) is 10.2 Å². The second-order valence-electron chi connectivity index (χ2n) is 6.50. The number of nitro groups is 1. The number of azo groups is 2. The molecule has 0 unspecified atom stereocenters. The molecular weight excluding hydrogens is 434 g/mol. The van der Waals surface area contributed by atoms with E-state index in [1.165, 1.54) is 18.2 Å². The van der Waals surface area contributed by atoms with Gasteiger partial charge in [-0.1, -0.05) is 18.5 Å². The highest BCUT2D eigenvalue weighted by atomic mass is 35.5. The first kappa shape index (κ1) is 22.8. The molecule has 164 valence electrons. The van der Waals surface area contributed by atoms with Crippen molar-refractivity contribution in [3.05, 3.63) is 75.3 Å². The van der Waals surface area contributed by atoms with Crippen molar-refractivity contribution in [2.24, 2.45) is 20.5 Å². The minimum atomic E-state index is -0.524. The summed E-state index contributed by atoms with van der Waals surface area (Å²) in [7, 11) is 3.19. The molecule has 0 N–H and O–H groups in total. The highest BCUT2D eigenvalue weighted by Crippen LogP contribution is 2.36. The fourth-order valence-corrected chi connectivity index (χ4v) is 3.01. The number of rotatable bonds is 8. The van der Waals surface area contributed by atoms with Crippen molar-refractivity contribution in [3.8, 4) is 11.5 Å². The Bertz CT molecular complexity index is 1180. The SMILES string of the molecule is CCc1cc(OC)c(N=Nc2ccc(N=Nc3ccc([N+](=O)[O-])cc3Cl)cc2)cc1OC. The Labute approximate surface area is 189 Å². The second-order valence-corrected chi connectivity index (χ2v) is 6.91. The number of methoxy groups -OCH3 is 2. The van der Waals surface area contributed by atoms with Crippen LogP contribution in [0.1, 0.15) is 12.5 Å². The van der Waals surface area contributed by atoms with Crippen molar-refractivity contribution in [1.82, 2.24) is 0 Å². The molecule has 0 heterocycles. The molecule has 0 fully saturated rings. The third-order valence-electron chi connectivity index (χ3n) is 4.50. The summed E-state index contributed by atoms with van der Waals surface area (Å²) in [6.45, 7) is 2.03. The molecular formula is C22H20ClN5O4. The monoisotopic (exact) mass is 453 g/mol. The molecule has 10 heteroatoms. The van der Waals surface area contributed by atoms with Crippen LogP contribution in [0.4, 0.5) is 28.4 Å². The van der Waals surface area contributed by atoms with Gasteiger partial charge in [0.1, 0.15) is 22.9 Å². The molecule has 0 aromatic heterocycles. The van der Waals surface area contributed by atoms with Crippen LogP contribution >= 0.6 is 11.6 Å². The van der Waals surface area contributed by atoms with Crippen molar-refractivity contribution in [1.29, 1.82) is 0 Å². The van der Waals surface area contributed by atoms with E-state index in [0.717, 1.165) is 17.7 Å².